The number of aromatic nitrogens is 4. The second-order valence-electron chi connectivity index (χ2n) is 6.07. The maximum absolute atomic E-state index is 10.8. The van der Waals surface area contributed by atoms with Crippen molar-refractivity contribution in [3.8, 4) is 17.0 Å². The van der Waals surface area contributed by atoms with Crippen LogP contribution in [0.5, 0.6) is 5.88 Å². The van der Waals surface area contributed by atoms with Crippen molar-refractivity contribution in [1.82, 2.24) is 19.7 Å². The first-order valence-corrected chi connectivity index (χ1v) is 8.62. The van der Waals surface area contributed by atoms with Gasteiger partial charge in [0.05, 0.1) is 26.0 Å². The number of aryl methyl sites for hydroxylation is 1. The van der Waals surface area contributed by atoms with Gasteiger partial charge in [0.2, 0.25) is 11.8 Å². The Morgan fingerprint density at radius 3 is 2.82 bits per heavy atom. The average molecular weight is 404 g/mol. The summed E-state index contributed by atoms with van der Waals surface area (Å²) in [5, 5.41) is 25.8. The second kappa shape index (κ2) is 8.24. The van der Waals surface area contributed by atoms with Crippen molar-refractivity contribution in [3.05, 3.63) is 47.4 Å². The van der Waals surface area contributed by atoms with E-state index in [-0.39, 0.29) is 12.4 Å². The molecule has 0 radical (unpaired) electrons. The van der Waals surface area contributed by atoms with E-state index in [1.807, 2.05) is 25.1 Å². The number of aliphatic hydroxyl groups is 1. The van der Waals surface area contributed by atoms with Gasteiger partial charge in [-0.25, -0.2) is 9.78 Å². The fourth-order valence-corrected chi connectivity index (χ4v) is 2.74. The standard InChI is InChI=1S/C18H18ClN5O4/c1-10-3-11(12-6-21-24(8-12)9-15(25)17(26)27)5-13(4-10)22-18-20-7-14(19)16(23-18)28-2/h3-8,15,25H,9H2,1-2H3,(H,26,27)(H,20,22,23). The van der Waals surface area contributed by atoms with Crippen LogP contribution < -0.4 is 10.1 Å². The van der Waals surface area contributed by atoms with Gasteiger partial charge in [-0.15, -0.1) is 0 Å². The van der Waals surface area contributed by atoms with E-state index in [9.17, 15) is 9.90 Å². The predicted molar refractivity (Wildman–Crippen MR) is 103 cm³/mol. The van der Waals surface area contributed by atoms with Gasteiger partial charge in [-0.1, -0.05) is 17.7 Å². The van der Waals surface area contributed by atoms with E-state index in [1.165, 1.54) is 18.0 Å². The highest BCUT2D eigenvalue weighted by molar-refractivity contribution is 6.31. The zero-order chi connectivity index (χ0) is 20.3. The lowest BCUT2D eigenvalue weighted by Gasteiger charge is -2.10. The van der Waals surface area contributed by atoms with Gasteiger partial charge in [0.15, 0.2) is 6.10 Å². The number of anilines is 2. The van der Waals surface area contributed by atoms with Crippen LogP contribution >= 0.6 is 11.6 Å². The number of nitrogens with zero attached hydrogens (tertiary/aromatic N) is 4. The van der Waals surface area contributed by atoms with Crippen LogP contribution in [0.3, 0.4) is 0 Å². The minimum atomic E-state index is -1.51. The van der Waals surface area contributed by atoms with E-state index in [0.717, 1.165) is 22.4 Å². The number of benzene rings is 1. The number of rotatable bonds is 7. The quantitative estimate of drug-likeness (QED) is 0.550. The lowest BCUT2D eigenvalue weighted by Crippen LogP contribution is -2.25. The molecule has 0 aliphatic carbocycles. The lowest BCUT2D eigenvalue weighted by molar-refractivity contribution is -0.147. The van der Waals surface area contributed by atoms with Crippen molar-refractivity contribution in [2.75, 3.05) is 12.4 Å². The maximum atomic E-state index is 10.8. The van der Waals surface area contributed by atoms with Crippen molar-refractivity contribution in [2.24, 2.45) is 0 Å². The van der Waals surface area contributed by atoms with Crippen LogP contribution in [-0.4, -0.2) is 49.1 Å². The third-order valence-electron chi connectivity index (χ3n) is 3.85. The van der Waals surface area contributed by atoms with Crippen molar-refractivity contribution in [1.29, 1.82) is 0 Å². The number of nitrogens with one attached hydrogen (secondary N) is 1. The largest absolute Gasteiger partial charge is 0.480 e. The smallest absolute Gasteiger partial charge is 0.334 e. The van der Waals surface area contributed by atoms with Crippen molar-refractivity contribution >= 4 is 29.2 Å². The molecule has 3 N–H and O–H groups in total. The Kier molecular flexibility index (Phi) is 5.76. The van der Waals surface area contributed by atoms with Crippen LogP contribution in [-0.2, 0) is 11.3 Å². The van der Waals surface area contributed by atoms with Gasteiger partial charge in [0.1, 0.15) is 5.02 Å². The molecule has 0 aliphatic heterocycles. The number of halogens is 1. The lowest BCUT2D eigenvalue weighted by atomic mass is 10.1. The van der Waals surface area contributed by atoms with Gasteiger partial charge in [-0.3, -0.25) is 4.68 Å². The fraction of sp³-hybridized carbons (Fsp3) is 0.222. The molecule has 0 bridgehead atoms. The van der Waals surface area contributed by atoms with Crippen LogP contribution in [0, 0.1) is 6.92 Å². The Morgan fingerprint density at radius 1 is 1.32 bits per heavy atom. The molecule has 0 saturated heterocycles. The molecule has 3 aromatic rings. The first-order chi connectivity index (χ1) is 13.4. The van der Waals surface area contributed by atoms with Gasteiger partial charge in [-0.2, -0.15) is 10.1 Å². The Bertz CT molecular complexity index is 1010. The summed E-state index contributed by atoms with van der Waals surface area (Å²) < 4.78 is 6.48. The summed E-state index contributed by atoms with van der Waals surface area (Å²) in [4.78, 5) is 19.1. The molecule has 0 spiro atoms. The summed E-state index contributed by atoms with van der Waals surface area (Å²) >= 11 is 5.95. The summed E-state index contributed by atoms with van der Waals surface area (Å²) in [7, 11) is 1.47. The van der Waals surface area contributed by atoms with Crippen molar-refractivity contribution in [2.45, 2.75) is 19.6 Å². The number of carbonyl (C=O) groups is 1. The number of aliphatic carboxylic acids is 1. The Balaban J connectivity index is 1.84. The average Bonchev–Trinajstić information content (AvgIpc) is 3.11. The van der Waals surface area contributed by atoms with Crippen molar-refractivity contribution < 1.29 is 19.7 Å². The molecule has 10 heteroatoms. The number of aliphatic hydroxyl groups excluding tert-OH is 1. The molecule has 0 fully saturated rings. The number of carboxylic acids is 1. The van der Waals surface area contributed by atoms with Crippen LogP contribution in [0.25, 0.3) is 11.1 Å². The zero-order valence-corrected chi connectivity index (χ0v) is 15.9. The Labute approximate surface area is 165 Å². The summed E-state index contributed by atoms with van der Waals surface area (Å²) in [5.41, 5.74) is 3.37. The second-order valence-corrected chi connectivity index (χ2v) is 6.48. The summed E-state index contributed by atoms with van der Waals surface area (Å²) in [6.45, 7) is 1.81. The van der Waals surface area contributed by atoms with Gasteiger partial charge in [-0.05, 0) is 30.2 Å². The first kappa shape index (κ1) is 19.6. The monoisotopic (exact) mass is 403 g/mol. The molecule has 0 aliphatic rings. The molecule has 3 rings (SSSR count). The highest BCUT2D eigenvalue weighted by Crippen LogP contribution is 2.27. The first-order valence-electron chi connectivity index (χ1n) is 8.24. The molecule has 28 heavy (non-hydrogen) atoms. The van der Waals surface area contributed by atoms with E-state index >= 15 is 0 Å². The molecule has 1 unspecified atom stereocenters. The van der Waals surface area contributed by atoms with Crippen LogP contribution in [0.2, 0.25) is 5.02 Å². The minimum Gasteiger partial charge on any atom is -0.480 e. The molecule has 0 amide bonds. The summed E-state index contributed by atoms with van der Waals surface area (Å²) in [5.74, 6) is -0.694. The molecule has 2 aromatic heterocycles. The summed E-state index contributed by atoms with van der Waals surface area (Å²) in [6.07, 6.45) is 3.21. The van der Waals surface area contributed by atoms with Crippen LogP contribution in [0.15, 0.2) is 36.8 Å². The van der Waals surface area contributed by atoms with E-state index in [1.54, 1.807) is 12.4 Å². The summed E-state index contributed by atoms with van der Waals surface area (Å²) in [6, 6.07) is 5.77. The topological polar surface area (TPSA) is 122 Å². The molecular weight excluding hydrogens is 386 g/mol. The minimum absolute atomic E-state index is 0.134. The number of ether oxygens (including phenoxy) is 1. The Morgan fingerprint density at radius 2 is 2.11 bits per heavy atom. The van der Waals surface area contributed by atoms with E-state index in [2.05, 4.69) is 20.4 Å². The van der Waals surface area contributed by atoms with Gasteiger partial charge < -0.3 is 20.3 Å². The van der Waals surface area contributed by atoms with E-state index < -0.39 is 12.1 Å². The zero-order valence-electron chi connectivity index (χ0n) is 15.1. The molecule has 9 nitrogen and oxygen atoms in total. The number of hydrogen-bond acceptors (Lipinski definition) is 7. The normalized spacial score (nSPS) is 11.9. The predicted octanol–water partition coefficient (Wildman–Crippen LogP) is 2.50. The van der Waals surface area contributed by atoms with Gasteiger partial charge in [0, 0.05) is 17.4 Å². The maximum Gasteiger partial charge on any atom is 0.334 e. The number of hydrogen-bond donors (Lipinski definition) is 3. The molecular formula is C18H18ClN5O4. The van der Waals surface area contributed by atoms with E-state index in [4.69, 9.17) is 21.4 Å². The van der Waals surface area contributed by atoms with Crippen LogP contribution in [0.4, 0.5) is 11.6 Å². The van der Waals surface area contributed by atoms with Gasteiger partial charge >= 0.3 is 5.97 Å². The molecule has 0 saturated carbocycles. The third kappa shape index (κ3) is 4.56. The molecule has 146 valence electrons. The van der Waals surface area contributed by atoms with Gasteiger partial charge in [0.25, 0.3) is 0 Å². The fourth-order valence-electron chi connectivity index (χ4n) is 2.57. The van der Waals surface area contributed by atoms with Crippen LogP contribution in [0.1, 0.15) is 5.56 Å². The number of methoxy groups -OCH3 is 1. The number of carboxylic acid groups (broad SMARTS) is 1. The van der Waals surface area contributed by atoms with E-state index in [0.29, 0.717) is 11.0 Å². The molecule has 2 heterocycles. The molecule has 1 atom stereocenters. The highest BCUT2D eigenvalue weighted by atomic mass is 35.5. The third-order valence-corrected chi connectivity index (χ3v) is 4.11. The highest BCUT2D eigenvalue weighted by Gasteiger charge is 2.15. The molecule has 1 aromatic carbocycles. The SMILES string of the molecule is COc1nc(Nc2cc(C)cc(-c3cnn(CC(O)C(=O)O)c3)c2)ncc1Cl. The van der Waals surface area contributed by atoms with Crippen molar-refractivity contribution in [3.63, 3.8) is 0 Å². The Hall–Kier alpha value is -3.17.